The average molecular weight is 451 g/mol. The van der Waals surface area contributed by atoms with Crippen molar-refractivity contribution in [2.24, 2.45) is 11.8 Å². The minimum Gasteiger partial charge on any atom is -0.492 e. The number of carbonyl (C=O) groups excluding carboxylic acids is 1. The monoisotopic (exact) mass is 450 g/mol. The number of hydrogen-bond acceptors (Lipinski definition) is 4. The van der Waals surface area contributed by atoms with Gasteiger partial charge in [-0.1, -0.05) is 43.7 Å². The second-order valence-corrected chi connectivity index (χ2v) is 10.1. The highest BCUT2D eigenvalue weighted by Gasteiger charge is 2.41. The van der Waals surface area contributed by atoms with Gasteiger partial charge < -0.3 is 14.8 Å². The molecule has 5 heteroatoms. The second kappa shape index (κ2) is 10.7. The molecule has 2 aromatic rings. The van der Waals surface area contributed by atoms with Gasteiger partial charge in [-0.05, 0) is 67.9 Å². The van der Waals surface area contributed by atoms with Gasteiger partial charge in [0.1, 0.15) is 12.4 Å². The van der Waals surface area contributed by atoms with E-state index in [0.717, 1.165) is 48.5 Å². The zero-order valence-electron chi connectivity index (χ0n) is 20.3. The summed E-state index contributed by atoms with van der Waals surface area (Å²) in [6.07, 6.45) is 2.70. The number of amides is 1. The Morgan fingerprint density at radius 2 is 1.67 bits per heavy atom. The van der Waals surface area contributed by atoms with Crippen LogP contribution < -0.4 is 10.1 Å². The quantitative estimate of drug-likeness (QED) is 0.642. The van der Waals surface area contributed by atoms with E-state index in [9.17, 15) is 4.79 Å². The molecular weight excluding hydrogens is 412 g/mol. The molecule has 2 aromatic carbocycles. The minimum atomic E-state index is -0.552. The summed E-state index contributed by atoms with van der Waals surface area (Å²) in [6.45, 7) is 11.9. The number of rotatable bonds is 7. The molecule has 0 aliphatic carbocycles. The topological polar surface area (TPSA) is 50.8 Å². The number of aryl methyl sites for hydroxylation is 1. The predicted octanol–water partition coefficient (Wildman–Crippen LogP) is 5.04. The summed E-state index contributed by atoms with van der Waals surface area (Å²) in [4.78, 5) is 16.0. The molecule has 2 aliphatic rings. The molecule has 178 valence electrons. The van der Waals surface area contributed by atoms with Crippen LogP contribution in [0.3, 0.4) is 0 Å². The smallest absolute Gasteiger partial charge is 0.235 e. The van der Waals surface area contributed by atoms with Crippen molar-refractivity contribution in [2.45, 2.75) is 45.4 Å². The first kappa shape index (κ1) is 23.8. The van der Waals surface area contributed by atoms with E-state index in [-0.39, 0.29) is 5.91 Å². The Bertz CT molecular complexity index is 894. The van der Waals surface area contributed by atoms with Crippen molar-refractivity contribution >= 4 is 11.6 Å². The van der Waals surface area contributed by atoms with Crippen molar-refractivity contribution in [3.8, 4) is 5.75 Å². The van der Waals surface area contributed by atoms with E-state index in [1.54, 1.807) is 0 Å². The molecule has 2 fully saturated rings. The number of benzene rings is 2. The van der Waals surface area contributed by atoms with Crippen LogP contribution in [0.5, 0.6) is 5.75 Å². The third-order valence-corrected chi connectivity index (χ3v) is 7.12. The third-order valence-electron chi connectivity index (χ3n) is 7.12. The number of piperidine rings is 1. The van der Waals surface area contributed by atoms with Crippen molar-refractivity contribution < 1.29 is 14.3 Å². The van der Waals surface area contributed by atoms with Crippen molar-refractivity contribution in [1.29, 1.82) is 0 Å². The van der Waals surface area contributed by atoms with Crippen LogP contribution in [0.25, 0.3) is 0 Å². The molecule has 0 radical (unpaired) electrons. The highest BCUT2D eigenvalue weighted by Crippen LogP contribution is 2.36. The molecule has 5 nitrogen and oxygen atoms in total. The summed E-state index contributed by atoms with van der Waals surface area (Å²) >= 11 is 0. The van der Waals surface area contributed by atoms with Gasteiger partial charge in [0.05, 0.1) is 5.41 Å². The fourth-order valence-electron chi connectivity index (χ4n) is 5.39. The van der Waals surface area contributed by atoms with Crippen LogP contribution in [0.15, 0.2) is 48.5 Å². The Hall–Kier alpha value is -2.37. The first-order valence-electron chi connectivity index (χ1n) is 12.4. The van der Waals surface area contributed by atoms with Crippen molar-refractivity contribution in [3.05, 3.63) is 59.7 Å². The van der Waals surface area contributed by atoms with Gasteiger partial charge in [-0.15, -0.1) is 0 Å². The third kappa shape index (κ3) is 5.96. The number of nitrogens with zero attached hydrogens (tertiary/aromatic N) is 1. The maximum atomic E-state index is 13.5. The number of likely N-dealkylation sites (tertiary alicyclic amines) is 1. The Balaban J connectivity index is 1.34. The molecule has 0 bridgehead atoms. The highest BCUT2D eigenvalue weighted by atomic mass is 16.5. The zero-order valence-corrected chi connectivity index (χ0v) is 20.3. The fraction of sp³-hybridized carbons (Fsp3) is 0.536. The molecule has 0 saturated carbocycles. The van der Waals surface area contributed by atoms with Gasteiger partial charge >= 0.3 is 0 Å². The molecule has 4 rings (SSSR count). The molecule has 2 atom stereocenters. The first-order valence-corrected chi connectivity index (χ1v) is 12.4. The molecule has 1 N–H and O–H groups in total. The summed E-state index contributed by atoms with van der Waals surface area (Å²) in [5.41, 5.74) is 2.50. The molecule has 2 heterocycles. The molecule has 1 amide bonds. The number of ether oxygens (including phenoxy) is 2. The maximum absolute atomic E-state index is 13.5. The van der Waals surface area contributed by atoms with Crippen molar-refractivity contribution in [1.82, 2.24) is 4.90 Å². The van der Waals surface area contributed by atoms with Gasteiger partial charge in [0.2, 0.25) is 5.91 Å². The molecule has 2 aliphatic heterocycles. The van der Waals surface area contributed by atoms with E-state index in [4.69, 9.17) is 9.47 Å². The van der Waals surface area contributed by atoms with Gasteiger partial charge in [0.15, 0.2) is 0 Å². The van der Waals surface area contributed by atoms with E-state index in [1.165, 1.54) is 12.0 Å². The van der Waals surface area contributed by atoms with Crippen LogP contribution >= 0.6 is 0 Å². The van der Waals surface area contributed by atoms with E-state index in [1.807, 2.05) is 24.3 Å². The van der Waals surface area contributed by atoms with Crippen molar-refractivity contribution in [2.75, 3.05) is 44.8 Å². The maximum Gasteiger partial charge on any atom is 0.235 e. The van der Waals surface area contributed by atoms with Crippen LogP contribution in [0, 0.1) is 18.8 Å². The molecular formula is C28H38N2O3. The van der Waals surface area contributed by atoms with E-state index in [2.05, 4.69) is 55.3 Å². The van der Waals surface area contributed by atoms with Crippen LogP contribution in [-0.2, 0) is 14.9 Å². The Kier molecular flexibility index (Phi) is 7.71. The number of anilines is 1. The molecule has 2 unspecified atom stereocenters. The van der Waals surface area contributed by atoms with Crippen LogP contribution in [0.1, 0.15) is 44.2 Å². The van der Waals surface area contributed by atoms with E-state index >= 15 is 0 Å². The number of carbonyl (C=O) groups is 1. The van der Waals surface area contributed by atoms with Crippen LogP contribution in [0.2, 0.25) is 0 Å². The summed E-state index contributed by atoms with van der Waals surface area (Å²) in [6, 6.07) is 16.1. The molecule has 0 aromatic heterocycles. The first-order chi connectivity index (χ1) is 15.9. The highest BCUT2D eigenvalue weighted by molar-refractivity contribution is 5.99. The lowest BCUT2D eigenvalue weighted by molar-refractivity contribution is -0.125. The standard InChI is InChI=1S/C28H38N2O3/c1-21-4-6-24(7-5-21)28(12-15-32-16-13-28)27(31)29-25-8-10-26(11-9-25)33-17-14-30-19-22(2)18-23(3)20-30/h4-11,22-23H,12-20H2,1-3H3,(H,29,31). The normalized spacial score (nSPS) is 23.1. The lowest BCUT2D eigenvalue weighted by Gasteiger charge is -2.36. The minimum absolute atomic E-state index is 0.0386. The van der Waals surface area contributed by atoms with Crippen LogP contribution in [-0.4, -0.2) is 50.3 Å². The Morgan fingerprint density at radius 1 is 1.03 bits per heavy atom. The molecule has 2 saturated heterocycles. The van der Waals surface area contributed by atoms with Crippen LogP contribution in [0.4, 0.5) is 5.69 Å². The largest absolute Gasteiger partial charge is 0.492 e. The Labute approximate surface area is 198 Å². The molecule has 33 heavy (non-hydrogen) atoms. The summed E-state index contributed by atoms with van der Waals surface area (Å²) in [5.74, 6) is 2.40. The number of hydrogen-bond donors (Lipinski definition) is 1. The zero-order chi connectivity index (χ0) is 23.3. The van der Waals surface area contributed by atoms with Gasteiger partial charge in [0, 0.05) is 38.5 Å². The van der Waals surface area contributed by atoms with Gasteiger partial charge in [0.25, 0.3) is 0 Å². The van der Waals surface area contributed by atoms with Gasteiger partial charge in [-0.3, -0.25) is 9.69 Å². The second-order valence-electron chi connectivity index (χ2n) is 10.1. The van der Waals surface area contributed by atoms with E-state index < -0.39 is 5.41 Å². The number of nitrogens with one attached hydrogen (secondary N) is 1. The lowest BCUT2D eigenvalue weighted by Crippen LogP contribution is -2.44. The average Bonchev–Trinajstić information content (AvgIpc) is 2.80. The summed E-state index contributed by atoms with van der Waals surface area (Å²) in [7, 11) is 0. The fourth-order valence-corrected chi connectivity index (χ4v) is 5.39. The molecule has 0 spiro atoms. The van der Waals surface area contributed by atoms with E-state index in [0.29, 0.717) is 32.7 Å². The summed E-state index contributed by atoms with van der Waals surface area (Å²) < 4.78 is 11.6. The SMILES string of the molecule is Cc1ccc(C2(C(=O)Nc3ccc(OCCN4CC(C)CC(C)C4)cc3)CCOCC2)cc1. The van der Waals surface area contributed by atoms with Gasteiger partial charge in [-0.2, -0.15) is 0 Å². The van der Waals surface area contributed by atoms with Gasteiger partial charge in [-0.25, -0.2) is 0 Å². The Morgan fingerprint density at radius 3 is 2.30 bits per heavy atom. The predicted molar refractivity (Wildman–Crippen MR) is 133 cm³/mol. The summed E-state index contributed by atoms with van der Waals surface area (Å²) in [5, 5.41) is 3.15. The lowest BCUT2D eigenvalue weighted by atomic mass is 9.73. The van der Waals surface area contributed by atoms with Crippen molar-refractivity contribution in [3.63, 3.8) is 0 Å².